The van der Waals surface area contributed by atoms with Gasteiger partial charge in [-0.15, -0.1) is 11.3 Å². The summed E-state index contributed by atoms with van der Waals surface area (Å²) in [6.45, 7) is 6.15. The monoisotopic (exact) mass is 310 g/mol. The van der Waals surface area contributed by atoms with Gasteiger partial charge in [0, 0.05) is 4.88 Å². The molecule has 0 amide bonds. The van der Waals surface area contributed by atoms with Gasteiger partial charge in [0.05, 0.1) is 3.79 Å². The highest BCUT2D eigenvalue weighted by Gasteiger charge is 2.16. The number of aliphatic hydroxyl groups is 1. The second-order valence-corrected chi connectivity index (χ2v) is 6.77. The van der Waals surface area contributed by atoms with Gasteiger partial charge >= 0.3 is 0 Å². The summed E-state index contributed by atoms with van der Waals surface area (Å²) in [5.41, 5.74) is 4.53. The Morgan fingerprint density at radius 2 is 1.82 bits per heavy atom. The van der Waals surface area contributed by atoms with Gasteiger partial charge in [0.1, 0.15) is 6.10 Å². The number of benzene rings is 1. The number of aryl methyl sites for hydroxylation is 3. The molecule has 0 spiro atoms. The number of rotatable bonds is 2. The van der Waals surface area contributed by atoms with E-state index in [9.17, 15) is 5.11 Å². The Morgan fingerprint density at radius 1 is 1.12 bits per heavy atom. The molecule has 0 bridgehead atoms. The minimum Gasteiger partial charge on any atom is -0.383 e. The molecule has 1 unspecified atom stereocenters. The third-order valence-electron chi connectivity index (χ3n) is 2.87. The van der Waals surface area contributed by atoms with E-state index >= 15 is 0 Å². The van der Waals surface area contributed by atoms with Crippen LogP contribution in [0.1, 0.15) is 33.2 Å². The molecule has 17 heavy (non-hydrogen) atoms. The lowest BCUT2D eigenvalue weighted by atomic mass is 10.00. The zero-order valence-electron chi connectivity index (χ0n) is 10.1. The van der Waals surface area contributed by atoms with Gasteiger partial charge in [0.25, 0.3) is 0 Å². The van der Waals surface area contributed by atoms with Crippen molar-refractivity contribution in [3.8, 4) is 0 Å². The predicted molar refractivity (Wildman–Crippen MR) is 76.7 cm³/mol. The SMILES string of the molecule is Cc1ccc(C(O)c2cc(C)c(Br)s2)c(C)c1. The first kappa shape index (κ1) is 12.8. The van der Waals surface area contributed by atoms with Gasteiger partial charge in [-0.2, -0.15) is 0 Å². The Balaban J connectivity index is 2.39. The average molecular weight is 311 g/mol. The van der Waals surface area contributed by atoms with E-state index in [0.29, 0.717) is 0 Å². The van der Waals surface area contributed by atoms with Crippen LogP contribution < -0.4 is 0 Å². The molecule has 1 atom stereocenters. The van der Waals surface area contributed by atoms with E-state index in [1.54, 1.807) is 11.3 Å². The molecule has 0 saturated heterocycles. The minimum atomic E-state index is -0.523. The maximum Gasteiger partial charge on any atom is 0.113 e. The quantitative estimate of drug-likeness (QED) is 0.864. The van der Waals surface area contributed by atoms with Crippen LogP contribution in [0.4, 0.5) is 0 Å². The molecule has 0 aliphatic heterocycles. The van der Waals surface area contributed by atoms with Crippen LogP contribution in [-0.2, 0) is 0 Å². The van der Waals surface area contributed by atoms with E-state index < -0.39 is 6.10 Å². The Labute approximate surface area is 114 Å². The number of thiophene rings is 1. The molecule has 1 nitrogen and oxygen atoms in total. The molecule has 0 radical (unpaired) electrons. The smallest absolute Gasteiger partial charge is 0.113 e. The molecule has 0 aliphatic carbocycles. The summed E-state index contributed by atoms with van der Waals surface area (Å²) in [7, 11) is 0. The highest BCUT2D eigenvalue weighted by atomic mass is 79.9. The molecule has 0 aliphatic rings. The summed E-state index contributed by atoms with van der Waals surface area (Å²) in [4.78, 5) is 0.987. The van der Waals surface area contributed by atoms with Crippen LogP contribution in [0.3, 0.4) is 0 Å². The van der Waals surface area contributed by atoms with Gasteiger partial charge < -0.3 is 5.11 Å². The van der Waals surface area contributed by atoms with Crippen molar-refractivity contribution >= 4 is 27.3 Å². The van der Waals surface area contributed by atoms with Crippen LogP contribution in [0.25, 0.3) is 0 Å². The highest BCUT2D eigenvalue weighted by Crippen LogP contribution is 2.35. The Morgan fingerprint density at radius 3 is 2.35 bits per heavy atom. The first-order valence-corrected chi connectivity index (χ1v) is 7.11. The number of halogens is 1. The zero-order valence-corrected chi connectivity index (χ0v) is 12.5. The zero-order chi connectivity index (χ0) is 12.6. The van der Waals surface area contributed by atoms with Crippen LogP contribution in [-0.4, -0.2) is 5.11 Å². The van der Waals surface area contributed by atoms with Gasteiger partial charge in [-0.1, -0.05) is 23.8 Å². The van der Waals surface area contributed by atoms with Crippen molar-refractivity contribution in [2.24, 2.45) is 0 Å². The second kappa shape index (κ2) is 4.92. The third kappa shape index (κ3) is 2.62. The van der Waals surface area contributed by atoms with Crippen LogP contribution in [0, 0.1) is 20.8 Å². The molecular formula is C14H15BrOS. The van der Waals surface area contributed by atoms with Gasteiger partial charge in [0.15, 0.2) is 0 Å². The van der Waals surface area contributed by atoms with Crippen molar-refractivity contribution < 1.29 is 5.11 Å². The van der Waals surface area contributed by atoms with E-state index in [4.69, 9.17) is 0 Å². The number of hydrogen-bond acceptors (Lipinski definition) is 2. The van der Waals surface area contributed by atoms with Crippen LogP contribution in [0.2, 0.25) is 0 Å². The fraction of sp³-hybridized carbons (Fsp3) is 0.286. The van der Waals surface area contributed by atoms with Gasteiger partial charge in [0.2, 0.25) is 0 Å². The van der Waals surface area contributed by atoms with Crippen molar-refractivity contribution in [3.63, 3.8) is 0 Å². The van der Waals surface area contributed by atoms with E-state index in [2.05, 4.69) is 28.9 Å². The molecule has 2 rings (SSSR count). The summed E-state index contributed by atoms with van der Waals surface area (Å²) >= 11 is 5.09. The maximum atomic E-state index is 10.4. The van der Waals surface area contributed by atoms with Gasteiger partial charge in [-0.05, 0) is 59.5 Å². The molecule has 1 N–H and O–H groups in total. The lowest BCUT2D eigenvalue weighted by molar-refractivity contribution is 0.223. The largest absolute Gasteiger partial charge is 0.383 e. The Bertz CT molecular complexity index is 526. The van der Waals surface area contributed by atoms with Crippen molar-refractivity contribution in [2.45, 2.75) is 26.9 Å². The van der Waals surface area contributed by atoms with Crippen molar-refractivity contribution in [1.82, 2.24) is 0 Å². The van der Waals surface area contributed by atoms with E-state index in [-0.39, 0.29) is 0 Å². The summed E-state index contributed by atoms with van der Waals surface area (Å²) in [5, 5.41) is 10.4. The van der Waals surface area contributed by atoms with Crippen molar-refractivity contribution in [2.75, 3.05) is 0 Å². The molecule has 90 valence electrons. The average Bonchev–Trinajstić information content (AvgIpc) is 2.58. The summed E-state index contributed by atoms with van der Waals surface area (Å²) in [6.07, 6.45) is -0.523. The standard InChI is InChI=1S/C14H15BrOS/c1-8-4-5-11(9(2)6-8)13(16)12-7-10(3)14(15)17-12/h4-7,13,16H,1-3H3. The summed E-state index contributed by atoms with van der Waals surface area (Å²) < 4.78 is 1.09. The first-order chi connectivity index (χ1) is 7.99. The van der Waals surface area contributed by atoms with Crippen LogP contribution in [0.15, 0.2) is 28.1 Å². The van der Waals surface area contributed by atoms with Crippen molar-refractivity contribution in [3.05, 3.63) is 55.2 Å². The molecular weight excluding hydrogens is 296 g/mol. The van der Waals surface area contributed by atoms with E-state index in [1.165, 1.54) is 11.1 Å². The fourth-order valence-electron chi connectivity index (χ4n) is 1.90. The minimum absolute atomic E-state index is 0.523. The van der Waals surface area contributed by atoms with Gasteiger partial charge in [-0.25, -0.2) is 0 Å². The second-order valence-electron chi connectivity index (χ2n) is 4.37. The molecule has 1 aromatic carbocycles. The summed E-state index contributed by atoms with van der Waals surface area (Å²) in [6, 6.07) is 8.20. The van der Waals surface area contributed by atoms with Crippen LogP contribution >= 0.6 is 27.3 Å². The first-order valence-electron chi connectivity index (χ1n) is 5.50. The highest BCUT2D eigenvalue weighted by molar-refractivity contribution is 9.11. The molecule has 3 heteroatoms. The molecule has 2 aromatic rings. The van der Waals surface area contributed by atoms with Gasteiger partial charge in [-0.3, -0.25) is 0 Å². The Hall–Kier alpha value is -0.640. The normalized spacial score (nSPS) is 12.8. The number of aliphatic hydroxyl groups excluding tert-OH is 1. The molecule has 1 heterocycles. The van der Waals surface area contributed by atoms with Crippen LogP contribution in [0.5, 0.6) is 0 Å². The lowest BCUT2D eigenvalue weighted by Crippen LogP contribution is -2.00. The predicted octanol–water partition coefficient (Wildman–Crippen LogP) is 4.52. The molecule has 1 aromatic heterocycles. The topological polar surface area (TPSA) is 20.2 Å². The summed E-state index contributed by atoms with van der Waals surface area (Å²) in [5.74, 6) is 0. The number of hydrogen-bond donors (Lipinski definition) is 1. The molecule has 0 saturated carbocycles. The van der Waals surface area contributed by atoms with E-state index in [1.807, 2.05) is 32.0 Å². The van der Waals surface area contributed by atoms with E-state index in [0.717, 1.165) is 19.8 Å². The lowest BCUT2D eigenvalue weighted by Gasteiger charge is -2.12. The fourth-order valence-corrected chi connectivity index (χ4v) is 3.48. The maximum absolute atomic E-state index is 10.4. The van der Waals surface area contributed by atoms with Crippen molar-refractivity contribution in [1.29, 1.82) is 0 Å². The molecule has 0 fully saturated rings. The Kier molecular flexibility index (Phi) is 3.71. The third-order valence-corrected chi connectivity index (χ3v) is 5.05.